The van der Waals surface area contributed by atoms with Crippen LogP contribution in [0.4, 0.5) is 0 Å². The van der Waals surface area contributed by atoms with Crippen molar-refractivity contribution in [2.45, 2.75) is 19.9 Å². The van der Waals surface area contributed by atoms with E-state index < -0.39 is 0 Å². The van der Waals surface area contributed by atoms with Gasteiger partial charge in [-0.2, -0.15) is 5.26 Å². The molecule has 0 bridgehead atoms. The number of benzene rings is 2. The van der Waals surface area contributed by atoms with E-state index in [1.807, 2.05) is 49.4 Å². The van der Waals surface area contributed by atoms with Gasteiger partial charge in [0, 0.05) is 13.6 Å². The molecule has 0 N–H and O–H groups in total. The first-order valence-corrected chi connectivity index (χ1v) is 6.87. The lowest BCUT2D eigenvalue weighted by Gasteiger charge is -2.17. The van der Waals surface area contributed by atoms with Crippen molar-refractivity contribution in [2.75, 3.05) is 7.05 Å². The summed E-state index contributed by atoms with van der Waals surface area (Å²) < 4.78 is 0. The number of aryl methyl sites for hydroxylation is 1. The molecule has 0 fully saturated rings. The number of nitriles is 1. The highest BCUT2D eigenvalue weighted by atomic mass is 16.2. The fourth-order valence-corrected chi connectivity index (χ4v) is 2.23. The zero-order chi connectivity index (χ0) is 15.2. The predicted molar refractivity (Wildman–Crippen MR) is 82.5 cm³/mol. The number of amides is 1. The van der Waals surface area contributed by atoms with E-state index in [1.54, 1.807) is 18.0 Å². The summed E-state index contributed by atoms with van der Waals surface area (Å²) in [5, 5.41) is 8.90. The van der Waals surface area contributed by atoms with Crippen molar-refractivity contribution in [3.63, 3.8) is 0 Å². The number of hydrogen-bond acceptors (Lipinski definition) is 2. The van der Waals surface area contributed by atoms with Crippen molar-refractivity contribution in [3.8, 4) is 6.07 Å². The Balaban J connectivity index is 2.01. The maximum atomic E-state index is 12.2. The van der Waals surface area contributed by atoms with Gasteiger partial charge in [-0.15, -0.1) is 0 Å². The highest BCUT2D eigenvalue weighted by molar-refractivity contribution is 5.78. The molecule has 0 aromatic heterocycles. The lowest BCUT2D eigenvalue weighted by molar-refractivity contribution is -0.129. The molecule has 2 rings (SSSR count). The van der Waals surface area contributed by atoms with Gasteiger partial charge in [-0.1, -0.05) is 42.0 Å². The first kappa shape index (κ1) is 14.8. The van der Waals surface area contributed by atoms with Crippen molar-refractivity contribution in [1.29, 1.82) is 5.26 Å². The Bertz CT molecular complexity index is 686. The third-order valence-electron chi connectivity index (χ3n) is 3.34. The minimum Gasteiger partial charge on any atom is -0.341 e. The molecule has 0 aliphatic heterocycles. The molecule has 0 unspecified atom stereocenters. The van der Waals surface area contributed by atoms with E-state index in [0.717, 1.165) is 16.7 Å². The maximum Gasteiger partial charge on any atom is 0.227 e. The molecule has 3 nitrogen and oxygen atoms in total. The number of likely N-dealkylation sites (N-methyl/N-ethyl adjacent to an activating group) is 1. The van der Waals surface area contributed by atoms with Crippen molar-refractivity contribution in [1.82, 2.24) is 4.90 Å². The molecule has 21 heavy (non-hydrogen) atoms. The van der Waals surface area contributed by atoms with E-state index in [9.17, 15) is 4.79 Å². The summed E-state index contributed by atoms with van der Waals surface area (Å²) in [6.07, 6.45) is 0.399. The van der Waals surface area contributed by atoms with Gasteiger partial charge in [-0.05, 0) is 30.2 Å². The number of nitrogens with zero attached hydrogens (tertiary/aromatic N) is 2. The van der Waals surface area contributed by atoms with Gasteiger partial charge >= 0.3 is 0 Å². The van der Waals surface area contributed by atoms with Gasteiger partial charge in [0.05, 0.1) is 18.1 Å². The van der Waals surface area contributed by atoms with Crippen molar-refractivity contribution < 1.29 is 4.79 Å². The number of carbonyl (C=O) groups excluding carboxylic acids is 1. The van der Waals surface area contributed by atoms with Crippen LogP contribution in [0, 0.1) is 18.3 Å². The van der Waals surface area contributed by atoms with E-state index in [0.29, 0.717) is 18.5 Å². The molecule has 0 atom stereocenters. The van der Waals surface area contributed by atoms with Crippen LogP contribution >= 0.6 is 0 Å². The Labute approximate surface area is 125 Å². The van der Waals surface area contributed by atoms with Crippen molar-refractivity contribution in [3.05, 3.63) is 70.8 Å². The summed E-state index contributed by atoms with van der Waals surface area (Å²) in [6, 6.07) is 17.4. The quantitative estimate of drug-likeness (QED) is 0.862. The number of rotatable bonds is 4. The molecule has 2 aromatic rings. The summed E-state index contributed by atoms with van der Waals surface area (Å²) >= 11 is 0. The molecule has 3 heteroatoms. The molecule has 0 aliphatic rings. The molecule has 0 saturated heterocycles. The van der Waals surface area contributed by atoms with Gasteiger partial charge in [-0.3, -0.25) is 4.79 Å². The normalized spacial score (nSPS) is 9.95. The molecule has 2 aromatic carbocycles. The van der Waals surface area contributed by atoms with Crippen LogP contribution in [0.1, 0.15) is 22.3 Å². The lowest BCUT2D eigenvalue weighted by atomic mass is 10.1. The Kier molecular flexibility index (Phi) is 4.73. The molecule has 0 aliphatic carbocycles. The van der Waals surface area contributed by atoms with Crippen LogP contribution in [0.25, 0.3) is 0 Å². The highest BCUT2D eigenvalue weighted by Gasteiger charge is 2.10. The fraction of sp³-hybridized carbons (Fsp3) is 0.222. The zero-order valence-electron chi connectivity index (χ0n) is 12.3. The Morgan fingerprint density at radius 3 is 2.57 bits per heavy atom. The third kappa shape index (κ3) is 4.19. The summed E-state index contributed by atoms with van der Waals surface area (Å²) in [6.45, 7) is 2.53. The van der Waals surface area contributed by atoms with Crippen LogP contribution in [0.5, 0.6) is 0 Å². The molecule has 0 saturated carbocycles. The molecule has 1 amide bonds. The Morgan fingerprint density at radius 1 is 1.14 bits per heavy atom. The summed E-state index contributed by atoms with van der Waals surface area (Å²) in [5.74, 6) is 0.0722. The van der Waals surface area contributed by atoms with Gasteiger partial charge in [0.2, 0.25) is 5.91 Å². The third-order valence-corrected chi connectivity index (χ3v) is 3.34. The number of hydrogen-bond donors (Lipinski definition) is 0. The van der Waals surface area contributed by atoms with E-state index in [2.05, 4.69) is 6.07 Å². The van der Waals surface area contributed by atoms with Crippen LogP contribution in [-0.2, 0) is 17.8 Å². The first-order chi connectivity index (χ1) is 10.1. The fourth-order valence-electron chi connectivity index (χ4n) is 2.23. The predicted octanol–water partition coefficient (Wildman–Crippen LogP) is 3.07. The van der Waals surface area contributed by atoms with Gasteiger partial charge in [0.1, 0.15) is 0 Å². The van der Waals surface area contributed by atoms with Gasteiger partial charge in [0.25, 0.3) is 0 Å². The van der Waals surface area contributed by atoms with Crippen LogP contribution < -0.4 is 0 Å². The standard InChI is InChI=1S/C18H18N2O/c1-14-5-3-6-15(9-14)11-18(21)20(2)13-17-8-4-7-16(10-17)12-19/h3-10H,11,13H2,1-2H3. The molecule has 0 heterocycles. The number of carbonyl (C=O) groups is 1. The minimum absolute atomic E-state index is 0.0722. The lowest BCUT2D eigenvalue weighted by Crippen LogP contribution is -2.27. The Morgan fingerprint density at radius 2 is 1.86 bits per heavy atom. The molecule has 0 radical (unpaired) electrons. The average Bonchev–Trinajstić information content (AvgIpc) is 2.47. The van der Waals surface area contributed by atoms with Crippen LogP contribution in [0.15, 0.2) is 48.5 Å². The monoisotopic (exact) mass is 278 g/mol. The average molecular weight is 278 g/mol. The largest absolute Gasteiger partial charge is 0.341 e. The highest BCUT2D eigenvalue weighted by Crippen LogP contribution is 2.10. The summed E-state index contributed by atoms with van der Waals surface area (Å²) in [5.41, 5.74) is 3.77. The van der Waals surface area contributed by atoms with Gasteiger partial charge in [0.15, 0.2) is 0 Å². The minimum atomic E-state index is 0.0722. The van der Waals surface area contributed by atoms with E-state index in [-0.39, 0.29) is 5.91 Å². The van der Waals surface area contributed by atoms with E-state index in [1.165, 1.54) is 0 Å². The summed E-state index contributed by atoms with van der Waals surface area (Å²) in [4.78, 5) is 13.9. The van der Waals surface area contributed by atoms with Gasteiger partial charge in [-0.25, -0.2) is 0 Å². The second-order valence-corrected chi connectivity index (χ2v) is 5.23. The molecular formula is C18H18N2O. The van der Waals surface area contributed by atoms with Gasteiger partial charge < -0.3 is 4.90 Å². The zero-order valence-corrected chi connectivity index (χ0v) is 12.3. The molecule has 0 spiro atoms. The second kappa shape index (κ2) is 6.71. The van der Waals surface area contributed by atoms with Crippen molar-refractivity contribution >= 4 is 5.91 Å². The second-order valence-electron chi connectivity index (χ2n) is 5.23. The molecular weight excluding hydrogens is 260 g/mol. The van der Waals surface area contributed by atoms with E-state index in [4.69, 9.17) is 5.26 Å². The first-order valence-electron chi connectivity index (χ1n) is 6.87. The van der Waals surface area contributed by atoms with Crippen LogP contribution in [-0.4, -0.2) is 17.9 Å². The SMILES string of the molecule is Cc1cccc(CC(=O)N(C)Cc2cccc(C#N)c2)c1. The maximum absolute atomic E-state index is 12.2. The van der Waals surface area contributed by atoms with Crippen LogP contribution in [0.2, 0.25) is 0 Å². The van der Waals surface area contributed by atoms with Crippen molar-refractivity contribution in [2.24, 2.45) is 0 Å². The molecule has 106 valence electrons. The smallest absolute Gasteiger partial charge is 0.227 e. The van der Waals surface area contributed by atoms with E-state index >= 15 is 0 Å². The summed E-state index contributed by atoms with van der Waals surface area (Å²) in [7, 11) is 1.79. The Hall–Kier alpha value is -2.60. The van der Waals surface area contributed by atoms with Crippen LogP contribution in [0.3, 0.4) is 0 Å². The topological polar surface area (TPSA) is 44.1 Å².